The zero-order valence-electron chi connectivity index (χ0n) is 22.2. The van der Waals surface area contributed by atoms with Gasteiger partial charge in [-0.25, -0.2) is 4.39 Å². The summed E-state index contributed by atoms with van der Waals surface area (Å²) < 4.78 is 15.2. The first-order valence-electron chi connectivity index (χ1n) is 13.1. The van der Waals surface area contributed by atoms with Crippen LogP contribution in [0.4, 0.5) is 15.8 Å². The fourth-order valence-electron chi connectivity index (χ4n) is 5.02. The molecule has 1 aliphatic heterocycles. The van der Waals surface area contributed by atoms with Crippen LogP contribution in [-0.4, -0.2) is 65.4 Å². The molecule has 2 unspecified atom stereocenters. The van der Waals surface area contributed by atoms with Gasteiger partial charge in [0.05, 0.1) is 11.4 Å². The van der Waals surface area contributed by atoms with E-state index in [-0.39, 0.29) is 29.6 Å². The molecular formula is C28H40FN5O2. The molecule has 0 saturated carbocycles. The Balaban J connectivity index is 1.76. The van der Waals surface area contributed by atoms with Gasteiger partial charge < -0.3 is 15.1 Å². The number of amides is 2. The van der Waals surface area contributed by atoms with Crippen molar-refractivity contribution in [3.8, 4) is 0 Å². The lowest BCUT2D eigenvalue weighted by Gasteiger charge is -2.44. The maximum absolute atomic E-state index is 15.2. The second kappa shape index (κ2) is 12.8. The highest BCUT2D eigenvalue weighted by Crippen LogP contribution is 2.30. The molecule has 1 aromatic carbocycles. The quantitative estimate of drug-likeness (QED) is 0.515. The molecule has 1 aliphatic rings. The lowest BCUT2D eigenvalue weighted by atomic mass is 10.0. The number of pyridine rings is 1. The van der Waals surface area contributed by atoms with Gasteiger partial charge in [-0.05, 0) is 63.9 Å². The number of halogens is 1. The molecule has 1 fully saturated rings. The Bertz CT molecular complexity index is 1010. The highest BCUT2D eigenvalue weighted by molar-refractivity contribution is 5.92. The van der Waals surface area contributed by atoms with Gasteiger partial charge in [0.1, 0.15) is 11.9 Å². The van der Waals surface area contributed by atoms with Crippen LogP contribution in [0.3, 0.4) is 0 Å². The fourth-order valence-corrected chi connectivity index (χ4v) is 5.02. The summed E-state index contributed by atoms with van der Waals surface area (Å²) in [6.07, 6.45) is 3.22. The molecule has 1 N–H and O–H groups in total. The number of carbonyl (C=O) groups excluding carboxylic acids is 2. The molecule has 2 aromatic rings. The van der Waals surface area contributed by atoms with E-state index >= 15 is 4.39 Å². The molecule has 7 nitrogen and oxygen atoms in total. The smallest absolute Gasteiger partial charge is 0.246 e. The number of aromatic nitrogens is 1. The molecule has 0 spiro atoms. The third-order valence-electron chi connectivity index (χ3n) is 7.18. The number of anilines is 2. The van der Waals surface area contributed by atoms with Gasteiger partial charge in [-0.1, -0.05) is 19.9 Å². The van der Waals surface area contributed by atoms with Gasteiger partial charge in [0.15, 0.2) is 0 Å². The average molecular weight is 498 g/mol. The van der Waals surface area contributed by atoms with Crippen molar-refractivity contribution in [2.75, 3.05) is 42.9 Å². The van der Waals surface area contributed by atoms with Crippen molar-refractivity contribution in [3.63, 3.8) is 0 Å². The highest BCUT2D eigenvalue weighted by atomic mass is 19.1. The summed E-state index contributed by atoms with van der Waals surface area (Å²) in [5.41, 5.74) is 1.71. The van der Waals surface area contributed by atoms with Crippen LogP contribution in [0.1, 0.15) is 59.2 Å². The first-order chi connectivity index (χ1) is 17.3. The Labute approximate surface area is 214 Å². The van der Waals surface area contributed by atoms with Crippen LogP contribution in [0.5, 0.6) is 0 Å². The Kier molecular flexibility index (Phi) is 9.81. The largest absolute Gasteiger partial charge is 0.364 e. The zero-order chi connectivity index (χ0) is 26.2. The molecule has 0 aliphatic carbocycles. The summed E-state index contributed by atoms with van der Waals surface area (Å²) in [6.45, 7) is 13.0. The van der Waals surface area contributed by atoms with Crippen LogP contribution in [0.2, 0.25) is 0 Å². The summed E-state index contributed by atoms with van der Waals surface area (Å²) in [7, 11) is 0. The summed E-state index contributed by atoms with van der Waals surface area (Å²) in [5, 5.41) is 2.85. The monoisotopic (exact) mass is 497 g/mol. The number of benzene rings is 1. The number of hydrogen-bond donors (Lipinski definition) is 1. The number of rotatable bonds is 10. The molecule has 1 aromatic heterocycles. The third kappa shape index (κ3) is 6.22. The van der Waals surface area contributed by atoms with Crippen LogP contribution in [0, 0.1) is 11.7 Å². The standard InChI is InChI=1S/C28H40FN5O2/c1-6-21(7-2)27(35)31-22-13-14-25(23(29)18-22)34-17-16-33(19-20(34)5)26(24-12-10-11-15-30-24)28(36)32(8-3)9-4/h10-15,18,20-21,26H,6-9,16-17,19H2,1-5H3,(H,31,35). The number of carbonyl (C=O) groups is 2. The van der Waals surface area contributed by atoms with Crippen molar-refractivity contribution in [2.45, 2.75) is 59.5 Å². The predicted molar refractivity (Wildman–Crippen MR) is 142 cm³/mol. The van der Waals surface area contributed by atoms with E-state index in [4.69, 9.17) is 0 Å². The molecule has 8 heteroatoms. The van der Waals surface area contributed by atoms with Gasteiger partial charge in [0.2, 0.25) is 11.8 Å². The van der Waals surface area contributed by atoms with Crippen molar-refractivity contribution in [2.24, 2.45) is 5.92 Å². The Morgan fingerprint density at radius 1 is 1.11 bits per heavy atom. The van der Waals surface area contributed by atoms with Crippen molar-refractivity contribution >= 4 is 23.2 Å². The lowest BCUT2D eigenvalue weighted by Crippen LogP contribution is -2.55. The second-order valence-electron chi connectivity index (χ2n) is 9.37. The van der Waals surface area contributed by atoms with Gasteiger partial charge >= 0.3 is 0 Å². The van der Waals surface area contributed by atoms with Crippen molar-refractivity contribution in [1.82, 2.24) is 14.8 Å². The van der Waals surface area contributed by atoms with Crippen molar-refractivity contribution in [3.05, 3.63) is 54.1 Å². The molecule has 2 amide bonds. The zero-order valence-corrected chi connectivity index (χ0v) is 22.2. The average Bonchev–Trinajstić information content (AvgIpc) is 2.87. The Morgan fingerprint density at radius 3 is 2.39 bits per heavy atom. The van der Waals surface area contributed by atoms with Gasteiger partial charge in [-0.15, -0.1) is 0 Å². The van der Waals surface area contributed by atoms with E-state index in [0.717, 1.165) is 18.5 Å². The maximum atomic E-state index is 15.2. The second-order valence-corrected chi connectivity index (χ2v) is 9.37. The van der Waals surface area contributed by atoms with E-state index in [0.29, 0.717) is 44.1 Å². The number of nitrogens with zero attached hydrogens (tertiary/aromatic N) is 4. The van der Waals surface area contributed by atoms with E-state index < -0.39 is 6.04 Å². The van der Waals surface area contributed by atoms with Crippen LogP contribution < -0.4 is 10.2 Å². The SMILES string of the molecule is CCC(CC)C(=O)Nc1ccc(N2CCN(C(C(=O)N(CC)CC)c3ccccn3)CC2C)c(F)c1. The molecule has 2 atom stereocenters. The topological polar surface area (TPSA) is 68.8 Å². The molecule has 2 heterocycles. The molecule has 3 rings (SSSR count). The van der Waals surface area contributed by atoms with Gasteiger partial charge in [0.25, 0.3) is 0 Å². The normalized spacial score (nSPS) is 17.2. The van der Waals surface area contributed by atoms with E-state index in [2.05, 4.69) is 15.2 Å². The number of piperazine rings is 1. The summed E-state index contributed by atoms with van der Waals surface area (Å²) in [5.74, 6) is -0.472. The van der Waals surface area contributed by atoms with Crippen LogP contribution in [0.25, 0.3) is 0 Å². The first-order valence-corrected chi connectivity index (χ1v) is 13.1. The molecule has 1 saturated heterocycles. The fraction of sp³-hybridized carbons (Fsp3) is 0.536. The molecule has 196 valence electrons. The van der Waals surface area contributed by atoms with E-state index in [1.54, 1.807) is 18.3 Å². The minimum absolute atomic E-state index is 0.0195. The van der Waals surface area contributed by atoms with Gasteiger partial charge in [0, 0.05) is 56.6 Å². The van der Waals surface area contributed by atoms with E-state index in [1.165, 1.54) is 6.07 Å². The molecular weight excluding hydrogens is 457 g/mol. The number of likely N-dealkylation sites (N-methyl/N-ethyl adjacent to an activating group) is 1. The van der Waals surface area contributed by atoms with E-state index in [9.17, 15) is 9.59 Å². The van der Waals surface area contributed by atoms with Crippen LogP contribution >= 0.6 is 0 Å². The number of hydrogen-bond acceptors (Lipinski definition) is 5. The molecule has 0 bridgehead atoms. The van der Waals surface area contributed by atoms with Crippen LogP contribution in [-0.2, 0) is 9.59 Å². The predicted octanol–water partition coefficient (Wildman–Crippen LogP) is 4.72. The van der Waals surface area contributed by atoms with E-state index in [1.807, 2.05) is 62.6 Å². The Hall–Kier alpha value is -3.00. The third-order valence-corrected chi connectivity index (χ3v) is 7.18. The van der Waals surface area contributed by atoms with Crippen molar-refractivity contribution < 1.29 is 14.0 Å². The maximum Gasteiger partial charge on any atom is 0.246 e. The van der Waals surface area contributed by atoms with Gasteiger partial charge in [-0.3, -0.25) is 19.5 Å². The lowest BCUT2D eigenvalue weighted by molar-refractivity contribution is -0.137. The Morgan fingerprint density at radius 2 is 1.83 bits per heavy atom. The van der Waals surface area contributed by atoms with Crippen LogP contribution in [0.15, 0.2) is 42.6 Å². The van der Waals surface area contributed by atoms with Gasteiger partial charge in [-0.2, -0.15) is 0 Å². The molecule has 36 heavy (non-hydrogen) atoms. The summed E-state index contributed by atoms with van der Waals surface area (Å²) in [4.78, 5) is 36.4. The minimum Gasteiger partial charge on any atom is -0.364 e. The summed E-state index contributed by atoms with van der Waals surface area (Å²) >= 11 is 0. The first kappa shape index (κ1) is 27.6. The minimum atomic E-state index is -0.469. The number of nitrogens with one attached hydrogen (secondary N) is 1. The van der Waals surface area contributed by atoms with Crippen molar-refractivity contribution in [1.29, 1.82) is 0 Å². The molecule has 0 radical (unpaired) electrons. The summed E-state index contributed by atoms with van der Waals surface area (Å²) in [6, 6.07) is 10.1. The highest BCUT2D eigenvalue weighted by Gasteiger charge is 2.36.